The van der Waals surface area contributed by atoms with Gasteiger partial charge in [-0.05, 0) is 48.9 Å². The molecular formula is C21H16Cl4N2O4. The molecule has 0 aromatic heterocycles. The summed E-state index contributed by atoms with van der Waals surface area (Å²) in [5.74, 6) is -2.47. The fourth-order valence-electron chi connectivity index (χ4n) is 3.24. The van der Waals surface area contributed by atoms with E-state index in [0.29, 0.717) is 10.0 Å². The first-order valence-corrected chi connectivity index (χ1v) is 10.9. The lowest BCUT2D eigenvalue weighted by Gasteiger charge is -2.36. The van der Waals surface area contributed by atoms with Crippen LogP contribution in [0.15, 0.2) is 42.5 Å². The van der Waals surface area contributed by atoms with Crippen LogP contribution in [-0.2, 0) is 9.59 Å². The van der Waals surface area contributed by atoms with Crippen molar-refractivity contribution in [1.82, 2.24) is 10.0 Å². The molecule has 1 aliphatic heterocycles. The van der Waals surface area contributed by atoms with Gasteiger partial charge in [-0.15, -0.1) is 11.6 Å². The molecule has 1 aliphatic rings. The third-order valence-corrected chi connectivity index (χ3v) is 5.74. The third kappa shape index (κ3) is 5.04. The molecule has 1 fully saturated rings. The van der Waals surface area contributed by atoms with Crippen LogP contribution in [0.25, 0.3) is 0 Å². The fourth-order valence-corrected chi connectivity index (χ4v) is 4.06. The second kappa shape index (κ2) is 10.0. The lowest BCUT2D eigenvalue weighted by atomic mass is 10.0. The number of nitrogens with zero attached hydrogens (tertiary/aromatic N) is 2. The van der Waals surface area contributed by atoms with E-state index in [1.165, 1.54) is 42.5 Å². The van der Waals surface area contributed by atoms with Crippen molar-refractivity contribution in [3.05, 3.63) is 68.7 Å². The smallest absolute Gasteiger partial charge is 0.275 e. The molecular weight excluding hydrogens is 486 g/mol. The van der Waals surface area contributed by atoms with Gasteiger partial charge in [-0.25, -0.2) is 5.01 Å². The van der Waals surface area contributed by atoms with Crippen LogP contribution >= 0.6 is 46.4 Å². The molecule has 10 heteroatoms. The van der Waals surface area contributed by atoms with Gasteiger partial charge in [-0.1, -0.05) is 34.8 Å². The van der Waals surface area contributed by atoms with Crippen molar-refractivity contribution in [1.29, 1.82) is 0 Å². The summed E-state index contributed by atoms with van der Waals surface area (Å²) in [5, 5.41) is 2.34. The van der Waals surface area contributed by atoms with Crippen molar-refractivity contribution in [2.45, 2.75) is 25.3 Å². The Balaban J connectivity index is 2.11. The second-order valence-electron chi connectivity index (χ2n) is 6.74. The highest BCUT2D eigenvalue weighted by atomic mass is 35.5. The Morgan fingerprint density at radius 1 is 0.935 bits per heavy atom. The van der Waals surface area contributed by atoms with Crippen molar-refractivity contribution < 1.29 is 19.2 Å². The Labute approximate surface area is 198 Å². The molecule has 1 saturated heterocycles. The molecule has 3 rings (SSSR count). The van der Waals surface area contributed by atoms with Crippen LogP contribution < -0.4 is 0 Å². The van der Waals surface area contributed by atoms with Gasteiger partial charge in [-0.3, -0.25) is 19.2 Å². The lowest BCUT2D eigenvalue weighted by molar-refractivity contribution is -0.154. The number of Topliss-reactive ketones (excluding diaryl/α,β-unsaturated/α-hetero) is 1. The molecule has 2 aromatic carbocycles. The standard InChI is InChI=1S/C21H16Cl4N2O4/c22-10-9-17(20(30)12-1-3-13(23)4-2-12)26(27-18(28)7-8-19(27)29)21(31)15-6-5-14(24)11-16(15)25/h1-6,11,17H,7-10H2/t17-/m0/s1. The van der Waals surface area contributed by atoms with Gasteiger partial charge in [0.15, 0.2) is 5.78 Å². The van der Waals surface area contributed by atoms with Gasteiger partial charge in [0.25, 0.3) is 5.91 Å². The number of rotatable bonds is 7. The van der Waals surface area contributed by atoms with E-state index in [1.807, 2.05) is 0 Å². The SMILES string of the molecule is O=C(c1ccc(Cl)cc1)[C@H](CCCl)N(C(=O)c1ccc(Cl)cc1Cl)N1C(=O)CCC1=O. The van der Waals surface area contributed by atoms with Gasteiger partial charge in [0.2, 0.25) is 11.8 Å². The Kier molecular flexibility index (Phi) is 7.59. The zero-order chi connectivity index (χ0) is 22.7. The van der Waals surface area contributed by atoms with Gasteiger partial charge in [0.1, 0.15) is 6.04 Å². The Hall–Kier alpha value is -2.12. The Bertz CT molecular complexity index is 1030. The number of imide groups is 1. The highest BCUT2D eigenvalue weighted by Crippen LogP contribution is 2.28. The maximum Gasteiger partial charge on any atom is 0.275 e. The Morgan fingerprint density at radius 2 is 1.52 bits per heavy atom. The maximum absolute atomic E-state index is 13.5. The quantitative estimate of drug-likeness (QED) is 0.303. The molecule has 0 radical (unpaired) electrons. The second-order valence-corrected chi connectivity index (χ2v) is 8.40. The van der Waals surface area contributed by atoms with Crippen molar-refractivity contribution >= 4 is 69.9 Å². The molecule has 0 aliphatic carbocycles. The summed E-state index contributed by atoms with van der Waals surface area (Å²) in [5.41, 5.74) is 0.237. The molecule has 0 N–H and O–H groups in total. The van der Waals surface area contributed by atoms with E-state index in [2.05, 4.69) is 0 Å². The number of hydrogen-bond acceptors (Lipinski definition) is 4. The summed E-state index contributed by atoms with van der Waals surface area (Å²) < 4.78 is 0. The van der Waals surface area contributed by atoms with Gasteiger partial charge in [0, 0.05) is 34.3 Å². The molecule has 0 saturated carbocycles. The van der Waals surface area contributed by atoms with Gasteiger partial charge in [0.05, 0.1) is 10.6 Å². The van der Waals surface area contributed by atoms with Crippen LogP contribution in [0, 0.1) is 0 Å². The van der Waals surface area contributed by atoms with Crippen LogP contribution in [-0.4, -0.2) is 45.4 Å². The summed E-state index contributed by atoms with van der Waals surface area (Å²) in [6, 6.07) is 9.01. The minimum atomic E-state index is -1.22. The van der Waals surface area contributed by atoms with Crippen LogP contribution in [0.5, 0.6) is 0 Å². The number of carbonyl (C=O) groups is 4. The number of ketones is 1. The number of benzene rings is 2. The monoisotopic (exact) mass is 500 g/mol. The van der Waals surface area contributed by atoms with Crippen molar-refractivity contribution in [2.24, 2.45) is 0 Å². The highest BCUT2D eigenvalue weighted by Gasteiger charge is 2.43. The predicted octanol–water partition coefficient (Wildman–Crippen LogP) is 5.03. The van der Waals surface area contributed by atoms with Crippen LogP contribution in [0.4, 0.5) is 0 Å². The first-order chi connectivity index (χ1) is 14.7. The molecule has 1 heterocycles. The molecule has 3 amide bonds. The third-order valence-electron chi connectivity index (χ3n) is 4.72. The molecule has 6 nitrogen and oxygen atoms in total. The van der Waals surface area contributed by atoms with E-state index in [4.69, 9.17) is 46.4 Å². The van der Waals surface area contributed by atoms with E-state index < -0.39 is 29.5 Å². The minimum absolute atomic E-state index is 0.00164. The first kappa shape index (κ1) is 23.5. The topological polar surface area (TPSA) is 74.8 Å². The molecule has 162 valence electrons. The summed E-state index contributed by atoms with van der Waals surface area (Å²) >= 11 is 24.0. The van der Waals surface area contributed by atoms with E-state index in [0.717, 1.165) is 10.0 Å². The van der Waals surface area contributed by atoms with Crippen molar-refractivity contribution in [3.8, 4) is 0 Å². The van der Waals surface area contributed by atoms with Gasteiger partial charge >= 0.3 is 0 Å². The average Bonchev–Trinajstić information content (AvgIpc) is 3.06. The number of hydrazine groups is 1. The molecule has 31 heavy (non-hydrogen) atoms. The summed E-state index contributed by atoms with van der Waals surface area (Å²) in [7, 11) is 0. The molecule has 2 aromatic rings. The number of halogens is 4. The lowest BCUT2D eigenvalue weighted by Crippen LogP contribution is -2.57. The summed E-state index contributed by atoms with van der Waals surface area (Å²) in [4.78, 5) is 51.8. The Morgan fingerprint density at radius 3 is 2.06 bits per heavy atom. The normalized spacial score (nSPS) is 14.6. The van der Waals surface area contributed by atoms with Gasteiger partial charge in [-0.2, -0.15) is 5.01 Å². The predicted molar refractivity (Wildman–Crippen MR) is 119 cm³/mol. The molecule has 0 spiro atoms. The van der Waals surface area contributed by atoms with Gasteiger partial charge < -0.3 is 0 Å². The average molecular weight is 502 g/mol. The fraction of sp³-hybridized carbons (Fsp3) is 0.238. The zero-order valence-corrected chi connectivity index (χ0v) is 19.0. The molecule has 0 unspecified atom stereocenters. The number of hydrogen-bond donors (Lipinski definition) is 0. The summed E-state index contributed by atoms with van der Waals surface area (Å²) in [6.45, 7) is 0. The van der Waals surface area contributed by atoms with E-state index in [9.17, 15) is 19.2 Å². The number of carbonyl (C=O) groups excluding carboxylic acids is 4. The minimum Gasteiger partial charge on any atom is -0.292 e. The first-order valence-electron chi connectivity index (χ1n) is 9.24. The largest absolute Gasteiger partial charge is 0.292 e. The van der Waals surface area contributed by atoms with E-state index in [1.54, 1.807) is 0 Å². The zero-order valence-electron chi connectivity index (χ0n) is 16.0. The van der Waals surface area contributed by atoms with Crippen LogP contribution in [0.3, 0.4) is 0 Å². The van der Waals surface area contributed by atoms with E-state index in [-0.39, 0.29) is 41.3 Å². The number of amides is 3. The van der Waals surface area contributed by atoms with Crippen LogP contribution in [0.1, 0.15) is 40.0 Å². The van der Waals surface area contributed by atoms with Crippen molar-refractivity contribution in [3.63, 3.8) is 0 Å². The highest BCUT2D eigenvalue weighted by molar-refractivity contribution is 6.37. The van der Waals surface area contributed by atoms with Crippen LogP contribution in [0.2, 0.25) is 15.1 Å². The summed E-state index contributed by atoms with van der Waals surface area (Å²) in [6.07, 6.45) is -0.142. The number of alkyl halides is 1. The molecule has 0 bridgehead atoms. The maximum atomic E-state index is 13.5. The molecule has 1 atom stereocenters. The van der Waals surface area contributed by atoms with Crippen molar-refractivity contribution in [2.75, 3.05) is 5.88 Å². The van der Waals surface area contributed by atoms with E-state index >= 15 is 0 Å².